The molecule has 0 aliphatic carbocycles. The summed E-state index contributed by atoms with van der Waals surface area (Å²) in [6.07, 6.45) is -1.48. The molecule has 0 radical (unpaired) electrons. The number of sulfonamides is 1. The van der Waals surface area contributed by atoms with E-state index >= 15 is 0 Å². The summed E-state index contributed by atoms with van der Waals surface area (Å²) in [5, 5.41) is 7.28. The molecule has 9 heteroatoms. The van der Waals surface area contributed by atoms with Gasteiger partial charge in [0.15, 0.2) is 0 Å². The van der Waals surface area contributed by atoms with Crippen molar-refractivity contribution >= 4 is 10.0 Å². The van der Waals surface area contributed by atoms with Gasteiger partial charge in [-0.05, 0) is 47.0 Å². The van der Waals surface area contributed by atoms with Crippen molar-refractivity contribution in [3.8, 4) is 11.1 Å². The topological polar surface area (TPSA) is 72.0 Å². The number of nitrogens with one attached hydrogen (secondary N) is 1. The standard InChI is InChI=1S/C18H14F3N3O2S/c19-18(20,21)16-5-1-14(2-6-16)15-3-7-17(8-4-15)27(25,26)24-12-13-9-10-22-23-11-13/h1-11,24H,12H2. The first-order chi connectivity index (χ1) is 12.8. The second-order valence-corrected chi connectivity index (χ2v) is 7.44. The minimum absolute atomic E-state index is 0.0557. The normalized spacial score (nSPS) is 12.1. The van der Waals surface area contributed by atoms with Gasteiger partial charge in [0, 0.05) is 12.7 Å². The summed E-state index contributed by atoms with van der Waals surface area (Å²) in [6.45, 7) is 0.0680. The fraction of sp³-hybridized carbons (Fsp3) is 0.111. The summed E-state index contributed by atoms with van der Waals surface area (Å²) in [5.74, 6) is 0. The van der Waals surface area contributed by atoms with E-state index in [2.05, 4.69) is 14.9 Å². The van der Waals surface area contributed by atoms with E-state index in [0.717, 1.165) is 12.1 Å². The minimum Gasteiger partial charge on any atom is -0.207 e. The third-order valence-electron chi connectivity index (χ3n) is 3.82. The van der Waals surface area contributed by atoms with Gasteiger partial charge < -0.3 is 0 Å². The van der Waals surface area contributed by atoms with Crippen molar-refractivity contribution < 1.29 is 21.6 Å². The Morgan fingerprint density at radius 2 is 1.44 bits per heavy atom. The zero-order valence-electron chi connectivity index (χ0n) is 13.8. The van der Waals surface area contributed by atoms with Crippen molar-refractivity contribution in [1.82, 2.24) is 14.9 Å². The molecule has 5 nitrogen and oxygen atoms in total. The van der Waals surface area contributed by atoms with Crippen LogP contribution in [0.3, 0.4) is 0 Å². The predicted molar refractivity (Wildman–Crippen MR) is 92.9 cm³/mol. The van der Waals surface area contributed by atoms with Gasteiger partial charge in [0.05, 0.1) is 16.7 Å². The van der Waals surface area contributed by atoms with Crippen LogP contribution in [0.4, 0.5) is 13.2 Å². The average Bonchev–Trinajstić information content (AvgIpc) is 2.67. The molecule has 3 rings (SSSR count). The Morgan fingerprint density at radius 1 is 0.852 bits per heavy atom. The van der Waals surface area contributed by atoms with Crippen LogP contribution in [0.2, 0.25) is 0 Å². The van der Waals surface area contributed by atoms with Crippen molar-refractivity contribution in [2.24, 2.45) is 0 Å². The van der Waals surface area contributed by atoms with Gasteiger partial charge in [0.25, 0.3) is 0 Å². The lowest BCUT2D eigenvalue weighted by Crippen LogP contribution is -2.23. The molecule has 3 aromatic rings. The van der Waals surface area contributed by atoms with Crippen LogP contribution in [0.25, 0.3) is 11.1 Å². The molecule has 27 heavy (non-hydrogen) atoms. The number of alkyl halides is 3. The van der Waals surface area contributed by atoms with Crippen molar-refractivity contribution in [2.75, 3.05) is 0 Å². The van der Waals surface area contributed by atoms with Gasteiger partial charge in [-0.25, -0.2) is 13.1 Å². The smallest absolute Gasteiger partial charge is 0.207 e. The van der Waals surface area contributed by atoms with Crippen LogP contribution in [-0.4, -0.2) is 18.6 Å². The van der Waals surface area contributed by atoms with Crippen molar-refractivity contribution in [2.45, 2.75) is 17.6 Å². The summed E-state index contributed by atoms with van der Waals surface area (Å²) in [7, 11) is -3.73. The first-order valence-electron chi connectivity index (χ1n) is 7.79. The lowest BCUT2D eigenvalue weighted by Gasteiger charge is -2.09. The Hall–Kier alpha value is -2.78. The van der Waals surface area contributed by atoms with Gasteiger partial charge in [-0.3, -0.25) is 0 Å². The molecule has 1 aromatic heterocycles. The molecule has 1 heterocycles. The quantitative estimate of drug-likeness (QED) is 0.718. The van der Waals surface area contributed by atoms with E-state index in [1.54, 1.807) is 18.2 Å². The molecule has 0 bridgehead atoms. The van der Waals surface area contributed by atoms with Crippen LogP contribution in [0.15, 0.2) is 71.9 Å². The van der Waals surface area contributed by atoms with Crippen LogP contribution >= 0.6 is 0 Å². The zero-order valence-corrected chi connectivity index (χ0v) is 14.6. The summed E-state index contributed by atoms with van der Waals surface area (Å²) >= 11 is 0. The molecular weight excluding hydrogens is 379 g/mol. The van der Waals surface area contributed by atoms with Crippen molar-refractivity contribution in [3.05, 3.63) is 78.1 Å². The van der Waals surface area contributed by atoms with E-state index < -0.39 is 21.8 Å². The molecule has 0 saturated heterocycles. The van der Waals surface area contributed by atoms with Crippen molar-refractivity contribution in [3.63, 3.8) is 0 Å². The van der Waals surface area contributed by atoms with Gasteiger partial charge in [0.1, 0.15) is 0 Å². The molecule has 2 aromatic carbocycles. The maximum Gasteiger partial charge on any atom is 0.416 e. The molecule has 0 atom stereocenters. The Morgan fingerprint density at radius 3 is 1.96 bits per heavy atom. The van der Waals surface area contributed by atoms with E-state index in [-0.39, 0.29) is 11.4 Å². The third kappa shape index (κ3) is 4.69. The lowest BCUT2D eigenvalue weighted by molar-refractivity contribution is -0.137. The Kier molecular flexibility index (Phi) is 5.24. The summed E-state index contributed by atoms with van der Waals surface area (Å²) in [6, 6.07) is 12.2. The summed E-state index contributed by atoms with van der Waals surface area (Å²) in [5.41, 5.74) is 1.10. The number of benzene rings is 2. The zero-order chi connectivity index (χ0) is 19.5. The predicted octanol–water partition coefficient (Wildman–Crippen LogP) is 3.64. The molecule has 0 unspecified atom stereocenters. The number of rotatable bonds is 5. The highest BCUT2D eigenvalue weighted by molar-refractivity contribution is 7.89. The highest BCUT2D eigenvalue weighted by Gasteiger charge is 2.29. The maximum absolute atomic E-state index is 12.6. The van der Waals surface area contributed by atoms with Gasteiger partial charge in [0.2, 0.25) is 10.0 Å². The summed E-state index contributed by atoms with van der Waals surface area (Å²) < 4.78 is 65.0. The molecule has 0 amide bonds. The molecular formula is C18H14F3N3O2S. The number of halogens is 3. The molecule has 0 aliphatic heterocycles. The number of hydrogen-bond acceptors (Lipinski definition) is 4. The highest BCUT2D eigenvalue weighted by atomic mass is 32.2. The van der Waals surface area contributed by atoms with E-state index in [9.17, 15) is 21.6 Å². The van der Waals surface area contributed by atoms with Crippen LogP contribution in [0, 0.1) is 0 Å². The monoisotopic (exact) mass is 393 g/mol. The van der Waals surface area contributed by atoms with E-state index in [1.165, 1.54) is 36.7 Å². The van der Waals surface area contributed by atoms with E-state index in [1.807, 2.05) is 0 Å². The van der Waals surface area contributed by atoms with Crippen LogP contribution in [0.1, 0.15) is 11.1 Å². The Bertz CT molecular complexity index is 1000. The van der Waals surface area contributed by atoms with Gasteiger partial charge in [-0.15, -0.1) is 0 Å². The largest absolute Gasteiger partial charge is 0.416 e. The second-order valence-electron chi connectivity index (χ2n) is 5.67. The minimum atomic E-state index is -4.40. The second kappa shape index (κ2) is 7.45. The van der Waals surface area contributed by atoms with Gasteiger partial charge in [-0.1, -0.05) is 24.3 Å². The van der Waals surface area contributed by atoms with Gasteiger partial charge in [-0.2, -0.15) is 23.4 Å². The van der Waals surface area contributed by atoms with Crippen molar-refractivity contribution in [1.29, 1.82) is 0 Å². The van der Waals surface area contributed by atoms with E-state index in [0.29, 0.717) is 16.7 Å². The third-order valence-corrected chi connectivity index (χ3v) is 5.24. The first kappa shape index (κ1) is 19.0. The van der Waals surface area contributed by atoms with Gasteiger partial charge >= 0.3 is 6.18 Å². The Balaban J connectivity index is 1.74. The molecule has 0 aliphatic rings. The Labute approximate surface area is 153 Å². The average molecular weight is 393 g/mol. The molecule has 0 fully saturated rings. The van der Waals surface area contributed by atoms with Crippen LogP contribution in [-0.2, 0) is 22.7 Å². The molecule has 0 spiro atoms. The first-order valence-corrected chi connectivity index (χ1v) is 9.27. The number of hydrogen-bond donors (Lipinski definition) is 1. The summed E-state index contributed by atoms with van der Waals surface area (Å²) in [4.78, 5) is 0.0557. The molecule has 140 valence electrons. The maximum atomic E-state index is 12.6. The fourth-order valence-electron chi connectivity index (χ4n) is 2.36. The van der Waals surface area contributed by atoms with Crippen LogP contribution in [0.5, 0.6) is 0 Å². The number of aromatic nitrogens is 2. The lowest BCUT2D eigenvalue weighted by atomic mass is 10.0. The fourth-order valence-corrected chi connectivity index (χ4v) is 3.38. The SMILES string of the molecule is O=S(=O)(NCc1ccnnc1)c1ccc(-c2ccc(C(F)(F)F)cc2)cc1. The molecule has 0 saturated carbocycles. The highest BCUT2D eigenvalue weighted by Crippen LogP contribution is 2.31. The molecule has 1 N–H and O–H groups in total. The van der Waals surface area contributed by atoms with Crippen LogP contribution < -0.4 is 4.72 Å². The number of nitrogens with zero attached hydrogens (tertiary/aromatic N) is 2. The van der Waals surface area contributed by atoms with E-state index in [4.69, 9.17) is 0 Å².